The first kappa shape index (κ1) is 17.6. The number of halogens is 3. The summed E-state index contributed by atoms with van der Waals surface area (Å²) in [5.74, 6) is -0.263. The van der Waals surface area contributed by atoms with Crippen LogP contribution in [0, 0.1) is 13.8 Å². The van der Waals surface area contributed by atoms with Crippen LogP contribution in [0.5, 0.6) is 0 Å². The number of pyridine rings is 1. The fourth-order valence-corrected chi connectivity index (χ4v) is 2.42. The van der Waals surface area contributed by atoms with Crippen LogP contribution < -0.4 is 10.6 Å². The van der Waals surface area contributed by atoms with E-state index in [1.54, 1.807) is 17.1 Å². The van der Waals surface area contributed by atoms with Gasteiger partial charge in [0.25, 0.3) is 0 Å². The van der Waals surface area contributed by atoms with E-state index >= 15 is 0 Å². The molecule has 0 aromatic carbocycles. The Hall–Kier alpha value is -3.17. The molecule has 26 heavy (non-hydrogen) atoms. The van der Waals surface area contributed by atoms with Crippen molar-refractivity contribution in [2.45, 2.75) is 20.0 Å². The molecule has 2 N–H and O–H groups in total. The summed E-state index contributed by atoms with van der Waals surface area (Å²) in [6.45, 7) is 3.70. The molecule has 0 radical (unpaired) electrons. The lowest BCUT2D eigenvalue weighted by molar-refractivity contribution is -0.137. The molecule has 0 spiro atoms. The van der Waals surface area contributed by atoms with Crippen LogP contribution in [-0.2, 0) is 6.18 Å². The molecule has 0 aliphatic heterocycles. The molecule has 0 unspecified atom stereocenters. The summed E-state index contributed by atoms with van der Waals surface area (Å²) in [6, 6.07) is 3.68. The quantitative estimate of drug-likeness (QED) is 0.739. The highest BCUT2D eigenvalue weighted by atomic mass is 19.4. The number of hydrogen-bond acceptors (Lipinski definition) is 6. The molecule has 136 valence electrons. The monoisotopic (exact) mass is 363 g/mol. The molecule has 10 heteroatoms. The molecule has 0 saturated carbocycles. The first-order valence-corrected chi connectivity index (χ1v) is 7.66. The van der Waals surface area contributed by atoms with Crippen LogP contribution in [0.3, 0.4) is 0 Å². The normalized spacial score (nSPS) is 11.5. The Labute approximate surface area is 147 Å². The van der Waals surface area contributed by atoms with Crippen molar-refractivity contribution in [1.29, 1.82) is 0 Å². The van der Waals surface area contributed by atoms with Crippen LogP contribution in [0.2, 0.25) is 0 Å². The van der Waals surface area contributed by atoms with Crippen molar-refractivity contribution >= 4 is 17.5 Å². The van der Waals surface area contributed by atoms with Gasteiger partial charge in [-0.25, -0.2) is 9.67 Å². The number of rotatable bonds is 4. The van der Waals surface area contributed by atoms with Gasteiger partial charge in [-0.05, 0) is 26.0 Å². The topological polar surface area (TPSA) is 80.5 Å². The fourth-order valence-electron chi connectivity index (χ4n) is 2.42. The highest BCUT2D eigenvalue weighted by Crippen LogP contribution is 2.34. The van der Waals surface area contributed by atoms with Gasteiger partial charge in [0.15, 0.2) is 0 Å². The number of anilines is 3. The summed E-state index contributed by atoms with van der Waals surface area (Å²) in [7, 11) is 1.37. The smallest absolute Gasteiger partial charge is 0.372 e. The Morgan fingerprint density at radius 2 is 1.88 bits per heavy atom. The molecule has 3 heterocycles. The minimum Gasteiger partial charge on any atom is -0.372 e. The highest BCUT2D eigenvalue weighted by molar-refractivity contribution is 5.59. The SMILES string of the molecule is CNc1nc(Nc2cnn(-c3ccnc(C)c3)c2C)ncc1C(F)(F)F. The van der Waals surface area contributed by atoms with E-state index in [1.165, 1.54) is 7.05 Å². The lowest BCUT2D eigenvalue weighted by atomic mass is 10.3. The maximum absolute atomic E-state index is 12.9. The van der Waals surface area contributed by atoms with Crippen molar-refractivity contribution in [2.24, 2.45) is 0 Å². The van der Waals surface area contributed by atoms with Crippen LogP contribution in [0.15, 0.2) is 30.7 Å². The van der Waals surface area contributed by atoms with Crippen molar-refractivity contribution in [1.82, 2.24) is 24.7 Å². The van der Waals surface area contributed by atoms with Crippen LogP contribution in [-0.4, -0.2) is 31.8 Å². The van der Waals surface area contributed by atoms with Gasteiger partial charge < -0.3 is 10.6 Å². The number of nitrogens with zero attached hydrogens (tertiary/aromatic N) is 5. The second kappa shape index (κ2) is 6.62. The lowest BCUT2D eigenvalue weighted by Crippen LogP contribution is -2.12. The zero-order valence-corrected chi connectivity index (χ0v) is 14.3. The fraction of sp³-hybridized carbons (Fsp3) is 0.250. The third-order valence-corrected chi connectivity index (χ3v) is 3.71. The van der Waals surface area contributed by atoms with Crippen molar-refractivity contribution in [3.63, 3.8) is 0 Å². The minimum atomic E-state index is -4.53. The van der Waals surface area contributed by atoms with E-state index in [-0.39, 0.29) is 11.8 Å². The van der Waals surface area contributed by atoms with Gasteiger partial charge in [0.2, 0.25) is 5.95 Å². The third-order valence-electron chi connectivity index (χ3n) is 3.71. The average molecular weight is 363 g/mol. The van der Waals surface area contributed by atoms with E-state index in [0.717, 1.165) is 23.3 Å². The molecule has 0 amide bonds. The van der Waals surface area contributed by atoms with E-state index in [0.29, 0.717) is 5.69 Å². The molecule has 3 aromatic rings. The number of aromatic nitrogens is 5. The summed E-state index contributed by atoms with van der Waals surface area (Å²) in [6.07, 6.45) is -0.549. The number of hydrogen-bond donors (Lipinski definition) is 2. The summed E-state index contributed by atoms with van der Waals surface area (Å²) >= 11 is 0. The second-order valence-electron chi connectivity index (χ2n) is 5.54. The first-order valence-electron chi connectivity index (χ1n) is 7.66. The lowest BCUT2D eigenvalue weighted by Gasteiger charge is -2.12. The van der Waals surface area contributed by atoms with E-state index < -0.39 is 11.7 Å². The summed E-state index contributed by atoms with van der Waals surface area (Å²) in [4.78, 5) is 11.8. The van der Waals surface area contributed by atoms with Gasteiger partial charge >= 0.3 is 6.18 Å². The van der Waals surface area contributed by atoms with Gasteiger partial charge in [0, 0.05) is 25.1 Å². The maximum atomic E-state index is 12.9. The van der Waals surface area contributed by atoms with Crippen molar-refractivity contribution < 1.29 is 13.2 Å². The molecule has 0 aliphatic carbocycles. The maximum Gasteiger partial charge on any atom is 0.421 e. The van der Waals surface area contributed by atoms with Crippen LogP contribution in [0.1, 0.15) is 17.0 Å². The third kappa shape index (κ3) is 3.44. The Kier molecular flexibility index (Phi) is 4.49. The molecule has 0 fully saturated rings. The predicted molar refractivity (Wildman–Crippen MR) is 90.7 cm³/mol. The van der Waals surface area contributed by atoms with Crippen molar-refractivity contribution in [2.75, 3.05) is 17.7 Å². The Morgan fingerprint density at radius 1 is 1.12 bits per heavy atom. The Morgan fingerprint density at radius 3 is 2.54 bits per heavy atom. The highest BCUT2D eigenvalue weighted by Gasteiger charge is 2.35. The van der Waals surface area contributed by atoms with Gasteiger partial charge in [0.1, 0.15) is 11.4 Å². The first-order chi connectivity index (χ1) is 12.3. The van der Waals surface area contributed by atoms with Crippen LogP contribution in [0.4, 0.5) is 30.6 Å². The standard InChI is InChI=1S/C16H16F3N7/c1-9-6-11(4-5-21-9)26-10(2)13(8-23-26)24-15-22-7-12(16(17,18)19)14(20-3)25-15/h4-8H,1-3H3,(H2,20,22,24,25). The molecule has 0 saturated heterocycles. The summed E-state index contributed by atoms with van der Waals surface area (Å²) in [5.41, 5.74) is 2.08. The molecule has 0 aliphatic rings. The zero-order chi connectivity index (χ0) is 18.9. The molecular formula is C16H16F3N7. The molecule has 0 atom stereocenters. The van der Waals surface area contributed by atoms with Crippen LogP contribution >= 0.6 is 0 Å². The van der Waals surface area contributed by atoms with Gasteiger partial charge in [-0.3, -0.25) is 4.98 Å². The van der Waals surface area contributed by atoms with Gasteiger partial charge in [-0.15, -0.1) is 0 Å². The van der Waals surface area contributed by atoms with Gasteiger partial charge in [0.05, 0.1) is 23.3 Å². The average Bonchev–Trinajstić information content (AvgIpc) is 2.94. The molecule has 0 bridgehead atoms. The number of nitrogens with one attached hydrogen (secondary N) is 2. The van der Waals surface area contributed by atoms with E-state index in [1.807, 2.05) is 26.0 Å². The van der Waals surface area contributed by atoms with E-state index in [2.05, 4.69) is 30.7 Å². The van der Waals surface area contributed by atoms with Crippen LogP contribution in [0.25, 0.3) is 5.69 Å². The molecule has 3 aromatic heterocycles. The largest absolute Gasteiger partial charge is 0.421 e. The number of aryl methyl sites for hydroxylation is 1. The molecule has 3 rings (SSSR count). The Balaban J connectivity index is 1.91. The molecule has 7 nitrogen and oxygen atoms in total. The van der Waals surface area contributed by atoms with E-state index in [4.69, 9.17) is 0 Å². The molecular weight excluding hydrogens is 347 g/mol. The zero-order valence-electron chi connectivity index (χ0n) is 14.3. The van der Waals surface area contributed by atoms with E-state index in [9.17, 15) is 13.2 Å². The minimum absolute atomic E-state index is 0.0379. The summed E-state index contributed by atoms with van der Waals surface area (Å²) in [5, 5.41) is 9.64. The summed E-state index contributed by atoms with van der Waals surface area (Å²) < 4.78 is 40.5. The number of alkyl halides is 3. The van der Waals surface area contributed by atoms with Gasteiger partial charge in [-0.2, -0.15) is 23.3 Å². The second-order valence-corrected chi connectivity index (χ2v) is 5.54. The predicted octanol–water partition coefficient (Wildman–Crippen LogP) is 3.48. The van der Waals surface area contributed by atoms with Crippen molar-refractivity contribution in [3.8, 4) is 5.69 Å². The van der Waals surface area contributed by atoms with Gasteiger partial charge in [-0.1, -0.05) is 0 Å². The van der Waals surface area contributed by atoms with Crippen molar-refractivity contribution in [3.05, 3.63) is 47.7 Å². The Bertz CT molecular complexity index is 934.